The van der Waals surface area contributed by atoms with E-state index in [0.717, 1.165) is 11.1 Å². The van der Waals surface area contributed by atoms with Crippen molar-refractivity contribution in [1.29, 1.82) is 0 Å². The van der Waals surface area contributed by atoms with Crippen molar-refractivity contribution in [2.45, 2.75) is 13.2 Å². The van der Waals surface area contributed by atoms with Crippen LogP contribution in [0.2, 0.25) is 0 Å². The zero-order valence-electron chi connectivity index (χ0n) is 15.1. The lowest BCUT2D eigenvalue weighted by atomic mass is 10.2. The number of benzene rings is 2. The van der Waals surface area contributed by atoms with Gasteiger partial charge in [0, 0.05) is 27.2 Å². The van der Waals surface area contributed by atoms with E-state index in [1.54, 1.807) is 14.1 Å². The lowest BCUT2D eigenvalue weighted by Crippen LogP contribution is -2.37. The van der Waals surface area contributed by atoms with E-state index < -0.39 is 12.2 Å². The van der Waals surface area contributed by atoms with Crippen LogP contribution in [0.5, 0.6) is 0 Å². The Balaban J connectivity index is 1.67. The van der Waals surface area contributed by atoms with Crippen molar-refractivity contribution in [1.82, 2.24) is 9.80 Å². The third-order valence-electron chi connectivity index (χ3n) is 3.80. The van der Waals surface area contributed by atoms with Gasteiger partial charge in [-0.2, -0.15) is 0 Å². The van der Waals surface area contributed by atoms with Crippen LogP contribution in [-0.4, -0.2) is 49.2 Å². The van der Waals surface area contributed by atoms with Crippen LogP contribution in [0.4, 0.5) is 9.59 Å². The molecular weight excluding hydrogens is 332 g/mol. The minimum absolute atomic E-state index is 0.221. The normalized spacial score (nSPS) is 10.1. The van der Waals surface area contributed by atoms with Crippen LogP contribution >= 0.6 is 0 Å². The fourth-order valence-electron chi connectivity index (χ4n) is 2.14. The van der Waals surface area contributed by atoms with Crippen LogP contribution in [0, 0.1) is 0 Å². The summed E-state index contributed by atoms with van der Waals surface area (Å²) in [4.78, 5) is 26.8. The maximum atomic E-state index is 12.0. The smallest absolute Gasteiger partial charge is 0.409 e. The molecule has 0 unspecified atom stereocenters. The van der Waals surface area contributed by atoms with Crippen LogP contribution in [-0.2, 0) is 22.7 Å². The number of likely N-dealkylation sites (N-methyl/N-ethyl adjacent to an activating group) is 2. The average Bonchev–Trinajstić information content (AvgIpc) is 2.69. The third-order valence-corrected chi connectivity index (χ3v) is 3.80. The first-order chi connectivity index (χ1) is 12.6. The molecule has 2 amide bonds. The molecule has 2 aromatic rings. The molecule has 0 atom stereocenters. The van der Waals surface area contributed by atoms with E-state index in [-0.39, 0.29) is 13.2 Å². The molecule has 0 saturated carbocycles. The highest BCUT2D eigenvalue weighted by molar-refractivity contribution is 5.68. The molecule has 0 saturated heterocycles. The van der Waals surface area contributed by atoms with Gasteiger partial charge in [0.1, 0.15) is 13.2 Å². The summed E-state index contributed by atoms with van der Waals surface area (Å²) in [5, 5.41) is 0. The fraction of sp³-hybridized carbons (Fsp3) is 0.300. The molecule has 0 N–H and O–H groups in total. The van der Waals surface area contributed by atoms with Crippen molar-refractivity contribution in [2.24, 2.45) is 0 Å². The Morgan fingerprint density at radius 2 is 1.04 bits per heavy atom. The number of rotatable bonds is 7. The number of carbonyl (C=O) groups excluding carboxylic acids is 2. The molecule has 0 bridgehead atoms. The Morgan fingerprint density at radius 1 is 0.692 bits per heavy atom. The number of ether oxygens (including phenoxy) is 2. The second kappa shape index (κ2) is 10.1. The van der Waals surface area contributed by atoms with Crippen molar-refractivity contribution in [3.63, 3.8) is 0 Å². The molecule has 6 nitrogen and oxygen atoms in total. The van der Waals surface area contributed by atoms with Crippen LogP contribution in [0.3, 0.4) is 0 Å². The maximum absolute atomic E-state index is 12.0. The Bertz CT molecular complexity index is 630. The monoisotopic (exact) mass is 356 g/mol. The van der Waals surface area contributed by atoms with Gasteiger partial charge in [-0.1, -0.05) is 60.7 Å². The summed E-state index contributed by atoms with van der Waals surface area (Å²) in [6.07, 6.45) is -0.861. The van der Waals surface area contributed by atoms with Crippen LogP contribution in [0.1, 0.15) is 11.1 Å². The van der Waals surface area contributed by atoms with Gasteiger partial charge in [-0.05, 0) is 11.1 Å². The van der Waals surface area contributed by atoms with E-state index in [0.29, 0.717) is 13.1 Å². The topological polar surface area (TPSA) is 59.1 Å². The standard InChI is InChI=1S/C20H24N2O4/c1-21(19(23)25-15-17-9-5-3-6-10-17)13-14-22(2)20(24)26-16-18-11-7-4-8-12-18/h3-12H,13-16H2,1-2H3. The molecule has 0 fully saturated rings. The first-order valence-corrected chi connectivity index (χ1v) is 8.40. The quantitative estimate of drug-likeness (QED) is 0.762. The molecule has 0 aliphatic rings. The van der Waals surface area contributed by atoms with Crippen molar-refractivity contribution < 1.29 is 19.1 Å². The lowest BCUT2D eigenvalue weighted by Gasteiger charge is -2.21. The van der Waals surface area contributed by atoms with Crippen molar-refractivity contribution in [3.8, 4) is 0 Å². The summed E-state index contributed by atoms with van der Waals surface area (Å²) in [6, 6.07) is 19.0. The van der Waals surface area contributed by atoms with E-state index in [4.69, 9.17) is 9.47 Å². The predicted octanol–water partition coefficient (Wildman–Crippen LogP) is 3.52. The van der Waals surface area contributed by atoms with Gasteiger partial charge in [0.05, 0.1) is 0 Å². The molecular formula is C20H24N2O4. The van der Waals surface area contributed by atoms with Gasteiger partial charge in [0.15, 0.2) is 0 Å². The van der Waals surface area contributed by atoms with Gasteiger partial charge in [-0.3, -0.25) is 0 Å². The van der Waals surface area contributed by atoms with Gasteiger partial charge in [0.25, 0.3) is 0 Å². The SMILES string of the molecule is CN(CCN(C)C(=O)OCc1ccccc1)C(=O)OCc1ccccc1. The van der Waals surface area contributed by atoms with E-state index in [9.17, 15) is 9.59 Å². The molecule has 0 heterocycles. The lowest BCUT2D eigenvalue weighted by molar-refractivity contribution is 0.0896. The molecule has 138 valence electrons. The molecule has 26 heavy (non-hydrogen) atoms. The Morgan fingerprint density at radius 3 is 1.38 bits per heavy atom. The summed E-state index contributed by atoms with van der Waals surface area (Å²) >= 11 is 0. The van der Waals surface area contributed by atoms with E-state index in [1.807, 2.05) is 60.7 Å². The zero-order valence-corrected chi connectivity index (χ0v) is 15.1. The number of hydrogen-bond donors (Lipinski definition) is 0. The second-order valence-corrected chi connectivity index (χ2v) is 5.92. The minimum atomic E-state index is -0.431. The predicted molar refractivity (Wildman–Crippen MR) is 98.5 cm³/mol. The summed E-state index contributed by atoms with van der Waals surface area (Å²) in [5.74, 6) is 0. The highest BCUT2D eigenvalue weighted by Crippen LogP contribution is 2.04. The molecule has 0 aromatic heterocycles. The summed E-state index contributed by atoms with van der Waals surface area (Å²) in [7, 11) is 3.27. The summed E-state index contributed by atoms with van der Waals surface area (Å²) < 4.78 is 10.5. The third kappa shape index (κ3) is 6.47. The number of nitrogens with zero attached hydrogens (tertiary/aromatic N) is 2. The van der Waals surface area contributed by atoms with Gasteiger partial charge in [0.2, 0.25) is 0 Å². The van der Waals surface area contributed by atoms with Crippen molar-refractivity contribution in [3.05, 3.63) is 71.8 Å². The maximum Gasteiger partial charge on any atom is 0.409 e. The van der Waals surface area contributed by atoms with E-state index in [1.165, 1.54) is 9.80 Å². The van der Waals surface area contributed by atoms with Crippen LogP contribution in [0.15, 0.2) is 60.7 Å². The minimum Gasteiger partial charge on any atom is -0.445 e. The largest absolute Gasteiger partial charge is 0.445 e. The molecule has 2 rings (SSSR count). The van der Waals surface area contributed by atoms with Crippen molar-refractivity contribution >= 4 is 12.2 Å². The van der Waals surface area contributed by atoms with Crippen LogP contribution in [0.25, 0.3) is 0 Å². The highest BCUT2D eigenvalue weighted by Gasteiger charge is 2.14. The van der Waals surface area contributed by atoms with Gasteiger partial charge < -0.3 is 19.3 Å². The Labute approximate surface area is 153 Å². The first kappa shape index (κ1) is 19.3. The van der Waals surface area contributed by atoms with Gasteiger partial charge in [-0.25, -0.2) is 9.59 Å². The Hall–Kier alpha value is -3.02. The number of amides is 2. The fourth-order valence-corrected chi connectivity index (χ4v) is 2.14. The van der Waals surface area contributed by atoms with E-state index >= 15 is 0 Å². The van der Waals surface area contributed by atoms with Crippen molar-refractivity contribution in [2.75, 3.05) is 27.2 Å². The molecule has 0 radical (unpaired) electrons. The van der Waals surface area contributed by atoms with Gasteiger partial charge in [-0.15, -0.1) is 0 Å². The summed E-state index contributed by atoms with van der Waals surface area (Å²) in [6.45, 7) is 1.15. The Kier molecular flexibility index (Phi) is 7.49. The molecule has 0 aliphatic heterocycles. The average molecular weight is 356 g/mol. The first-order valence-electron chi connectivity index (χ1n) is 8.40. The molecule has 2 aromatic carbocycles. The zero-order chi connectivity index (χ0) is 18.8. The number of hydrogen-bond acceptors (Lipinski definition) is 4. The van der Waals surface area contributed by atoms with Gasteiger partial charge >= 0.3 is 12.2 Å². The number of carbonyl (C=O) groups is 2. The van der Waals surface area contributed by atoms with E-state index in [2.05, 4.69) is 0 Å². The molecule has 6 heteroatoms. The second-order valence-electron chi connectivity index (χ2n) is 5.92. The van der Waals surface area contributed by atoms with Crippen LogP contribution < -0.4 is 0 Å². The summed E-state index contributed by atoms with van der Waals surface area (Å²) in [5.41, 5.74) is 1.85. The molecule has 0 aliphatic carbocycles. The highest BCUT2D eigenvalue weighted by atomic mass is 16.6. The molecule has 0 spiro atoms.